The van der Waals surface area contributed by atoms with Gasteiger partial charge in [-0.25, -0.2) is 22.5 Å². The molecule has 0 aliphatic carbocycles. The lowest BCUT2D eigenvalue weighted by Gasteiger charge is -2.08. The molecule has 2 rings (SSSR count). The van der Waals surface area contributed by atoms with Gasteiger partial charge in [0.2, 0.25) is 10.0 Å². The number of halogens is 1. The minimum atomic E-state index is -3.67. The lowest BCUT2D eigenvalue weighted by molar-refractivity contribution is 0.577. The molecule has 0 amide bonds. The van der Waals surface area contributed by atoms with Gasteiger partial charge in [-0.3, -0.25) is 0 Å². The van der Waals surface area contributed by atoms with E-state index in [4.69, 9.17) is 0 Å². The first-order chi connectivity index (χ1) is 9.53. The number of aromatic nitrogens is 1. The third-order valence-corrected chi connectivity index (χ3v) is 4.77. The standard InChI is InChI=1S/C12H14FN3O2S2/c1-14-7-9-6-10(2-3-11(9)13)20(17,18)16-8-12-15-4-5-19-12/h2-6,14,16H,7-8H2,1H3. The van der Waals surface area contributed by atoms with Gasteiger partial charge in [0.15, 0.2) is 0 Å². The highest BCUT2D eigenvalue weighted by Crippen LogP contribution is 2.15. The molecule has 1 aromatic carbocycles. The minimum Gasteiger partial charge on any atom is -0.316 e. The maximum absolute atomic E-state index is 13.5. The predicted molar refractivity (Wildman–Crippen MR) is 75.3 cm³/mol. The van der Waals surface area contributed by atoms with Crippen molar-refractivity contribution in [3.8, 4) is 0 Å². The van der Waals surface area contributed by atoms with Crippen LogP contribution in [0.4, 0.5) is 4.39 Å². The van der Waals surface area contributed by atoms with Gasteiger partial charge in [-0.05, 0) is 25.2 Å². The zero-order valence-corrected chi connectivity index (χ0v) is 12.4. The van der Waals surface area contributed by atoms with E-state index in [9.17, 15) is 12.8 Å². The largest absolute Gasteiger partial charge is 0.316 e. The SMILES string of the molecule is CNCc1cc(S(=O)(=O)NCc2nccs2)ccc1F. The molecule has 8 heteroatoms. The topological polar surface area (TPSA) is 71.1 Å². The molecule has 0 spiro atoms. The highest BCUT2D eigenvalue weighted by molar-refractivity contribution is 7.89. The average molecular weight is 315 g/mol. The van der Waals surface area contributed by atoms with Gasteiger partial charge in [0.25, 0.3) is 0 Å². The van der Waals surface area contributed by atoms with E-state index in [2.05, 4.69) is 15.0 Å². The molecule has 108 valence electrons. The van der Waals surface area contributed by atoms with Gasteiger partial charge in [0, 0.05) is 23.7 Å². The molecule has 0 saturated carbocycles. The van der Waals surface area contributed by atoms with Gasteiger partial charge in [0.05, 0.1) is 11.4 Å². The van der Waals surface area contributed by atoms with Crippen LogP contribution in [0.1, 0.15) is 10.6 Å². The van der Waals surface area contributed by atoms with Crippen LogP contribution in [0.2, 0.25) is 0 Å². The summed E-state index contributed by atoms with van der Waals surface area (Å²) >= 11 is 1.36. The van der Waals surface area contributed by atoms with Gasteiger partial charge in [0.1, 0.15) is 10.8 Å². The van der Waals surface area contributed by atoms with Gasteiger partial charge in [-0.1, -0.05) is 0 Å². The Labute approximate surface area is 120 Å². The molecule has 0 unspecified atom stereocenters. The molecule has 0 atom stereocenters. The number of rotatable bonds is 6. The molecule has 1 aromatic heterocycles. The summed E-state index contributed by atoms with van der Waals surface area (Å²) in [6.45, 7) is 0.389. The molecule has 2 aromatic rings. The number of nitrogens with zero attached hydrogens (tertiary/aromatic N) is 1. The fourth-order valence-corrected chi connectivity index (χ4v) is 3.31. The number of sulfonamides is 1. The Morgan fingerprint density at radius 3 is 2.80 bits per heavy atom. The molecule has 1 heterocycles. The van der Waals surface area contributed by atoms with Crippen molar-refractivity contribution in [1.29, 1.82) is 0 Å². The third-order valence-electron chi connectivity index (χ3n) is 2.59. The van der Waals surface area contributed by atoms with Crippen LogP contribution in [0.25, 0.3) is 0 Å². The second-order valence-electron chi connectivity index (χ2n) is 4.03. The van der Waals surface area contributed by atoms with E-state index in [1.165, 1.54) is 23.5 Å². The van der Waals surface area contributed by atoms with Crippen LogP contribution >= 0.6 is 11.3 Å². The van der Waals surface area contributed by atoms with E-state index < -0.39 is 15.8 Å². The molecular formula is C12H14FN3O2S2. The van der Waals surface area contributed by atoms with Crippen molar-refractivity contribution in [2.75, 3.05) is 7.05 Å². The van der Waals surface area contributed by atoms with Crippen molar-refractivity contribution >= 4 is 21.4 Å². The predicted octanol–water partition coefficient (Wildman–Crippen LogP) is 1.48. The molecule has 0 radical (unpaired) electrons. The van der Waals surface area contributed by atoms with Crippen molar-refractivity contribution in [3.63, 3.8) is 0 Å². The Balaban J connectivity index is 2.18. The summed E-state index contributed by atoms with van der Waals surface area (Å²) in [7, 11) is -2.00. The molecule has 0 aliphatic heterocycles. The van der Waals surface area contributed by atoms with Crippen molar-refractivity contribution < 1.29 is 12.8 Å². The normalized spacial score (nSPS) is 11.7. The van der Waals surface area contributed by atoms with Crippen LogP contribution in [0.15, 0.2) is 34.7 Å². The zero-order valence-electron chi connectivity index (χ0n) is 10.8. The highest BCUT2D eigenvalue weighted by Gasteiger charge is 2.16. The first kappa shape index (κ1) is 15.0. The van der Waals surface area contributed by atoms with Crippen LogP contribution in [-0.2, 0) is 23.1 Å². The van der Waals surface area contributed by atoms with Crippen LogP contribution in [0, 0.1) is 5.82 Å². The summed E-state index contributed by atoms with van der Waals surface area (Å²) < 4.78 is 40.2. The van der Waals surface area contributed by atoms with Crippen LogP contribution in [0.5, 0.6) is 0 Å². The summed E-state index contributed by atoms with van der Waals surface area (Å²) in [5.41, 5.74) is 0.310. The molecular weight excluding hydrogens is 301 g/mol. The quantitative estimate of drug-likeness (QED) is 0.847. The number of hydrogen-bond acceptors (Lipinski definition) is 5. The fourth-order valence-electron chi connectivity index (χ4n) is 1.62. The minimum absolute atomic E-state index is 0.0423. The first-order valence-corrected chi connectivity index (χ1v) is 8.20. The Morgan fingerprint density at radius 1 is 1.35 bits per heavy atom. The van der Waals surface area contributed by atoms with Crippen molar-refractivity contribution in [2.24, 2.45) is 0 Å². The maximum atomic E-state index is 13.5. The van der Waals surface area contributed by atoms with Gasteiger partial charge in [-0.15, -0.1) is 11.3 Å². The van der Waals surface area contributed by atoms with Gasteiger partial charge in [-0.2, -0.15) is 0 Å². The Kier molecular flexibility index (Phi) is 4.81. The fraction of sp³-hybridized carbons (Fsp3) is 0.250. The summed E-state index contributed by atoms with van der Waals surface area (Å²) in [5.74, 6) is -0.432. The lowest BCUT2D eigenvalue weighted by Crippen LogP contribution is -2.23. The molecule has 0 fully saturated rings. The first-order valence-electron chi connectivity index (χ1n) is 5.84. The number of benzene rings is 1. The average Bonchev–Trinajstić information content (AvgIpc) is 2.92. The van der Waals surface area contributed by atoms with Crippen LogP contribution in [0.3, 0.4) is 0 Å². The second kappa shape index (κ2) is 6.40. The van der Waals surface area contributed by atoms with Gasteiger partial charge >= 0.3 is 0 Å². The molecule has 0 aliphatic rings. The number of hydrogen-bond donors (Lipinski definition) is 2. The summed E-state index contributed by atoms with van der Waals surface area (Å²) in [5, 5.41) is 5.24. The second-order valence-corrected chi connectivity index (χ2v) is 6.78. The molecule has 5 nitrogen and oxygen atoms in total. The number of nitrogens with one attached hydrogen (secondary N) is 2. The molecule has 0 bridgehead atoms. The molecule has 2 N–H and O–H groups in total. The number of thiazole rings is 1. The van der Waals surface area contributed by atoms with Crippen LogP contribution < -0.4 is 10.0 Å². The Hall–Kier alpha value is -1.35. The van der Waals surface area contributed by atoms with E-state index in [1.54, 1.807) is 18.6 Å². The lowest BCUT2D eigenvalue weighted by atomic mass is 10.2. The monoisotopic (exact) mass is 315 g/mol. The molecule has 0 saturated heterocycles. The Bertz CT molecular complexity index is 672. The van der Waals surface area contributed by atoms with E-state index >= 15 is 0 Å². The van der Waals surface area contributed by atoms with Crippen molar-refractivity contribution in [2.45, 2.75) is 18.0 Å². The zero-order chi connectivity index (χ0) is 14.6. The van der Waals surface area contributed by atoms with E-state index in [0.29, 0.717) is 10.6 Å². The molecule has 20 heavy (non-hydrogen) atoms. The third kappa shape index (κ3) is 3.60. The van der Waals surface area contributed by atoms with E-state index in [-0.39, 0.29) is 18.0 Å². The summed E-state index contributed by atoms with van der Waals surface area (Å²) in [6, 6.07) is 3.74. The summed E-state index contributed by atoms with van der Waals surface area (Å²) in [4.78, 5) is 4.04. The van der Waals surface area contributed by atoms with Crippen LogP contribution in [-0.4, -0.2) is 20.4 Å². The van der Waals surface area contributed by atoms with Gasteiger partial charge < -0.3 is 5.32 Å². The highest BCUT2D eigenvalue weighted by atomic mass is 32.2. The smallest absolute Gasteiger partial charge is 0.240 e. The van der Waals surface area contributed by atoms with Crippen molar-refractivity contribution in [1.82, 2.24) is 15.0 Å². The Morgan fingerprint density at radius 2 is 2.15 bits per heavy atom. The van der Waals surface area contributed by atoms with Crippen molar-refractivity contribution in [3.05, 3.63) is 46.2 Å². The maximum Gasteiger partial charge on any atom is 0.240 e. The summed E-state index contributed by atoms with van der Waals surface area (Å²) in [6.07, 6.45) is 1.61. The van der Waals surface area contributed by atoms with E-state index in [1.807, 2.05) is 0 Å². The van der Waals surface area contributed by atoms with E-state index in [0.717, 1.165) is 6.07 Å².